The molecule has 0 aliphatic heterocycles. The Balaban J connectivity index is 2.68. The van der Waals surface area contributed by atoms with Crippen molar-refractivity contribution < 1.29 is 13.9 Å². The van der Waals surface area contributed by atoms with E-state index in [9.17, 15) is 13.9 Å². The third-order valence-electron chi connectivity index (χ3n) is 2.35. The molecule has 84 valence electrons. The average molecular weight is 231 g/mol. The normalized spacial score (nSPS) is 9.94. The number of hydrogen-bond donors (Lipinski definition) is 1. The van der Waals surface area contributed by atoms with E-state index >= 15 is 0 Å². The van der Waals surface area contributed by atoms with Crippen LogP contribution in [0.4, 0.5) is 8.78 Å². The van der Waals surface area contributed by atoms with Gasteiger partial charge >= 0.3 is 0 Å². The Morgan fingerprint density at radius 2 is 1.88 bits per heavy atom. The first-order chi connectivity index (χ1) is 8.13. The van der Waals surface area contributed by atoms with Crippen LogP contribution in [0.15, 0.2) is 36.4 Å². The van der Waals surface area contributed by atoms with Crippen molar-refractivity contribution >= 4 is 0 Å². The summed E-state index contributed by atoms with van der Waals surface area (Å²) in [5.74, 6) is -2.43. The third kappa shape index (κ3) is 1.95. The molecule has 0 saturated carbocycles. The lowest BCUT2D eigenvalue weighted by molar-refractivity contribution is 0.429. The molecule has 0 unspecified atom stereocenters. The molecule has 0 aliphatic carbocycles. The summed E-state index contributed by atoms with van der Waals surface area (Å²) >= 11 is 0. The summed E-state index contributed by atoms with van der Waals surface area (Å²) in [5.41, 5.74) is 0.182. The van der Waals surface area contributed by atoms with Gasteiger partial charge in [0.1, 0.15) is 5.82 Å². The van der Waals surface area contributed by atoms with Crippen LogP contribution in [-0.4, -0.2) is 5.11 Å². The summed E-state index contributed by atoms with van der Waals surface area (Å²) in [4.78, 5) is 0. The molecule has 2 nitrogen and oxygen atoms in total. The molecule has 4 heteroatoms. The number of halogens is 2. The fourth-order valence-corrected chi connectivity index (χ4v) is 1.55. The molecule has 0 aromatic heterocycles. The van der Waals surface area contributed by atoms with Gasteiger partial charge in [-0.3, -0.25) is 0 Å². The Kier molecular flexibility index (Phi) is 2.75. The first kappa shape index (κ1) is 11.1. The van der Waals surface area contributed by atoms with Crippen molar-refractivity contribution in [2.45, 2.75) is 0 Å². The van der Waals surface area contributed by atoms with E-state index in [0.29, 0.717) is 5.56 Å². The molecule has 0 radical (unpaired) electrons. The highest BCUT2D eigenvalue weighted by Crippen LogP contribution is 2.31. The Morgan fingerprint density at radius 1 is 1.12 bits per heavy atom. The molecule has 0 atom stereocenters. The summed E-state index contributed by atoms with van der Waals surface area (Å²) in [6.45, 7) is 0. The lowest BCUT2D eigenvalue weighted by Crippen LogP contribution is -1.91. The van der Waals surface area contributed by atoms with Gasteiger partial charge in [-0.25, -0.2) is 8.78 Å². The smallest absolute Gasteiger partial charge is 0.175 e. The predicted molar refractivity (Wildman–Crippen MR) is 58.2 cm³/mol. The van der Waals surface area contributed by atoms with Crippen LogP contribution in [0.5, 0.6) is 5.75 Å². The van der Waals surface area contributed by atoms with Gasteiger partial charge in [-0.15, -0.1) is 0 Å². The fraction of sp³-hybridized carbons (Fsp3) is 0. The molecular weight excluding hydrogens is 224 g/mol. The van der Waals surface area contributed by atoms with Crippen LogP contribution in [-0.2, 0) is 0 Å². The molecule has 1 N–H and O–H groups in total. The second kappa shape index (κ2) is 4.22. The second-order valence-electron chi connectivity index (χ2n) is 3.45. The van der Waals surface area contributed by atoms with Crippen LogP contribution >= 0.6 is 0 Å². The SMILES string of the molecule is N#Cc1cccc(-c2c(F)ccc(O)c2F)c1. The number of benzene rings is 2. The van der Waals surface area contributed by atoms with E-state index in [0.717, 1.165) is 12.1 Å². The van der Waals surface area contributed by atoms with E-state index < -0.39 is 17.4 Å². The average Bonchev–Trinajstić information content (AvgIpc) is 2.35. The van der Waals surface area contributed by atoms with Gasteiger partial charge in [0.25, 0.3) is 0 Å². The summed E-state index contributed by atoms with van der Waals surface area (Å²) in [6, 6.07) is 9.70. The number of phenols is 1. The minimum Gasteiger partial charge on any atom is -0.505 e. The van der Waals surface area contributed by atoms with Crippen molar-refractivity contribution in [3.05, 3.63) is 53.6 Å². The Morgan fingerprint density at radius 3 is 2.59 bits per heavy atom. The second-order valence-corrected chi connectivity index (χ2v) is 3.45. The fourth-order valence-electron chi connectivity index (χ4n) is 1.55. The number of phenolic OH excluding ortho intramolecular Hbond substituents is 1. The van der Waals surface area contributed by atoms with Crippen LogP contribution < -0.4 is 0 Å². The molecule has 0 heterocycles. The lowest BCUT2D eigenvalue weighted by atomic mass is 10.0. The molecular formula is C13H7F2NO. The number of rotatable bonds is 1. The van der Waals surface area contributed by atoms with Crippen molar-refractivity contribution in [3.63, 3.8) is 0 Å². The molecule has 2 aromatic carbocycles. The van der Waals surface area contributed by atoms with Gasteiger partial charge in [-0.1, -0.05) is 12.1 Å². The predicted octanol–water partition coefficient (Wildman–Crippen LogP) is 3.21. The van der Waals surface area contributed by atoms with Crippen molar-refractivity contribution in [1.29, 1.82) is 5.26 Å². The van der Waals surface area contributed by atoms with Gasteiger partial charge in [-0.05, 0) is 29.8 Å². The molecule has 0 aliphatic rings. The quantitative estimate of drug-likeness (QED) is 0.818. The zero-order valence-electron chi connectivity index (χ0n) is 8.61. The maximum absolute atomic E-state index is 13.6. The van der Waals surface area contributed by atoms with Crippen molar-refractivity contribution in [2.24, 2.45) is 0 Å². The first-order valence-electron chi connectivity index (χ1n) is 4.81. The Bertz CT molecular complexity index is 617. The van der Waals surface area contributed by atoms with Gasteiger partial charge in [0, 0.05) is 0 Å². The molecule has 17 heavy (non-hydrogen) atoms. The van der Waals surface area contributed by atoms with Gasteiger partial charge in [0.15, 0.2) is 11.6 Å². The molecule has 2 rings (SSSR count). The summed E-state index contributed by atoms with van der Waals surface area (Å²) < 4.78 is 27.1. The number of nitriles is 1. The standard InChI is InChI=1S/C13H7F2NO/c14-10-4-5-11(17)13(15)12(10)9-3-1-2-8(6-9)7-16/h1-6,17H. The maximum Gasteiger partial charge on any atom is 0.175 e. The third-order valence-corrected chi connectivity index (χ3v) is 2.35. The highest BCUT2D eigenvalue weighted by Gasteiger charge is 2.15. The summed E-state index contributed by atoms with van der Waals surface area (Å²) in [7, 11) is 0. The zero-order chi connectivity index (χ0) is 12.4. The Hall–Kier alpha value is -2.41. The summed E-state index contributed by atoms with van der Waals surface area (Å²) in [6.07, 6.45) is 0. The molecule has 0 bridgehead atoms. The molecule has 0 spiro atoms. The van der Waals surface area contributed by atoms with E-state index in [2.05, 4.69) is 0 Å². The van der Waals surface area contributed by atoms with Crippen LogP contribution in [0.2, 0.25) is 0 Å². The van der Waals surface area contributed by atoms with E-state index in [1.165, 1.54) is 24.3 Å². The lowest BCUT2D eigenvalue weighted by Gasteiger charge is -2.06. The van der Waals surface area contributed by atoms with Crippen LogP contribution in [0.1, 0.15) is 5.56 Å². The van der Waals surface area contributed by atoms with Crippen molar-refractivity contribution in [3.8, 4) is 22.9 Å². The van der Waals surface area contributed by atoms with Gasteiger partial charge in [-0.2, -0.15) is 5.26 Å². The van der Waals surface area contributed by atoms with Crippen molar-refractivity contribution in [1.82, 2.24) is 0 Å². The highest BCUT2D eigenvalue weighted by molar-refractivity contribution is 5.68. The largest absolute Gasteiger partial charge is 0.505 e. The van der Waals surface area contributed by atoms with E-state index in [1.807, 2.05) is 6.07 Å². The monoisotopic (exact) mass is 231 g/mol. The minimum absolute atomic E-state index is 0.218. The van der Waals surface area contributed by atoms with E-state index in [-0.39, 0.29) is 11.1 Å². The van der Waals surface area contributed by atoms with Gasteiger partial charge in [0.2, 0.25) is 0 Å². The number of nitrogens with zero attached hydrogens (tertiary/aromatic N) is 1. The first-order valence-corrected chi connectivity index (χ1v) is 4.81. The van der Waals surface area contributed by atoms with Crippen molar-refractivity contribution in [2.75, 3.05) is 0 Å². The van der Waals surface area contributed by atoms with Crippen LogP contribution in [0, 0.1) is 23.0 Å². The van der Waals surface area contributed by atoms with Crippen LogP contribution in [0.25, 0.3) is 11.1 Å². The molecule has 2 aromatic rings. The minimum atomic E-state index is -1.03. The summed E-state index contributed by atoms with van der Waals surface area (Å²) in [5, 5.41) is 17.9. The number of aromatic hydroxyl groups is 1. The van der Waals surface area contributed by atoms with E-state index in [4.69, 9.17) is 5.26 Å². The molecule has 0 saturated heterocycles. The Labute approximate surface area is 96.4 Å². The van der Waals surface area contributed by atoms with E-state index in [1.54, 1.807) is 0 Å². The molecule has 0 amide bonds. The van der Waals surface area contributed by atoms with Gasteiger partial charge < -0.3 is 5.11 Å². The molecule has 0 fully saturated rings. The zero-order valence-corrected chi connectivity index (χ0v) is 8.61. The number of hydrogen-bond acceptors (Lipinski definition) is 2. The van der Waals surface area contributed by atoms with Gasteiger partial charge in [0.05, 0.1) is 17.2 Å². The maximum atomic E-state index is 13.6. The highest BCUT2D eigenvalue weighted by atomic mass is 19.1. The van der Waals surface area contributed by atoms with Crippen LogP contribution in [0.3, 0.4) is 0 Å². The topological polar surface area (TPSA) is 44.0 Å².